The molecule has 0 unspecified atom stereocenters. The molecule has 1 fully saturated rings. The molecule has 1 aromatic carbocycles. The number of methoxy groups -OCH3 is 1. The van der Waals surface area contributed by atoms with E-state index < -0.39 is 16.0 Å². The molecule has 140 valence electrons. The zero-order chi connectivity index (χ0) is 18.7. The van der Waals surface area contributed by atoms with Gasteiger partial charge in [-0.15, -0.1) is 0 Å². The highest BCUT2D eigenvalue weighted by Gasteiger charge is 2.29. The molecule has 1 aliphatic heterocycles. The average molecular weight is 399 g/mol. The molecule has 0 atom stereocenters. The van der Waals surface area contributed by atoms with Crippen molar-refractivity contribution in [3.8, 4) is 0 Å². The van der Waals surface area contributed by atoms with Crippen LogP contribution in [0.3, 0.4) is 0 Å². The Kier molecular flexibility index (Phi) is 5.67. The van der Waals surface area contributed by atoms with Crippen LogP contribution in [0.2, 0.25) is 5.02 Å². The first-order valence-electron chi connectivity index (χ1n) is 8.04. The zero-order valence-electron chi connectivity index (χ0n) is 14.2. The third-order valence-electron chi connectivity index (χ3n) is 4.28. The zero-order valence-corrected chi connectivity index (χ0v) is 15.8. The summed E-state index contributed by atoms with van der Waals surface area (Å²) < 4.78 is 37.0. The lowest BCUT2D eigenvalue weighted by molar-refractivity contribution is 0.0595. The lowest BCUT2D eigenvalue weighted by atomic mass is 10.2. The first-order valence-corrected chi connectivity index (χ1v) is 9.86. The Balaban J connectivity index is 1.65. The normalized spacial score (nSPS) is 16.5. The van der Waals surface area contributed by atoms with Crippen LogP contribution in [-0.4, -0.2) is 56.9 Å². The Hall–Kier alpha value is -1.87. The van der Waals surface area contributed by atoms with Gasteiger partial charge in [0.15, 0.2) is 0 Å². The van der Waals surface area contributed by atoms with Gasteiger partial charge in [0.05, 0.1) is 24.8 Å². The van der Waals surface area contributed by atoms with Gasteiger partial charge in [0, 0.05) is 31.2 Å². The van der Waals surface area contributed by atoms with Crippen molar-refractivity contribution in [2.75, 3.05) is 33.3 Å². The average Bonchev–Trinajstić information content (AvgIpc) is 3.09. The molecule has 1 saturated heterocycles. The molecule has 0 N–H and O–H groups in total. The molecule has 1 aliphatic rings. The van der Waals surface area contributed by atoms with Gasteiger partial charge in [0.2, 0.25) is 10.0 Å². The molecule has 26 heavy (non-hydrogen) atoms. The maximum atomic E-state index is 12.7. The van der Waals surface area contributed by atoms with Crippen LogP contribution in [0.15, 0.2) is 45.9 Å². The van der Waals surface area contributed by atoms with Crippen molar-refractivity contribution in [1.82, 2.24) is 9.21 Å². The molecule has 2 aromatic rings. The summed E-state index contributed by atoms with van der Waals surface area (Å²) in [6.45, 7) is 2.18. The van der Waals surface area contributed by atoms with Crippen molar-refractivity contribution < 1.29 is 22.4 Å². The molecule has 7 nitrogen and oxygen atoms in total. The van der Waals surface area contributed by atoms with E-state index >= 15 is 0 Å². The molecular weight excluding hydrogens is 380 g/mol. The van der Waals surface area contributed by atoms with Crippen molar-refractivity contribution in [2.24, 2.45) is 0 Å². The smallest absolute Gasteiger partial charge is 0.341 e. The van der Waals surface area contributed by atoms with E-state index in [2.05, 4.69) is 0 Å². The van der Waals surface area contributed by atoms with Crippen molar-refractivity contribution in [2.45, 2.75) is 11.4 Å². The lowest BCUT2D eigenvalue weighted by Gasteiger charge is -2.33. The predicted octanol–water partition coefficient (Wildman–Crippen LogP) is 2.23. The molecular formula is C17H19ClN2O5S. The fourth-order valence-corrected chi connectivity index (χ4v) is 4.59. The van der Waals surface area contributed by atoms with Crippen molar-refractivity contribution in [3.05, 3.63) is 52.9 Å². The highest BCUT2D eigenvalue weighted by atomic mass is 35.5. The summed E-state index contributed by atoms with van der Waals surface area (Å²) in [6, 6.07) is 7.83. The number of rotatable bonds is 5. The molecule has 0 aliphatic carbocycles. The minimum absolute atomic E-state index is 0.192. The fraction of sp³-hybridized carbons (Fsp3) is 0.353. The van der Waals surface area contributed by atoms with Gasteiger partial charge in [0.25, 0.3) is 0 Å². The number of benzene rings is 1. The number of furan rings is 1. The summed E-state index contributed by atoms with van der Waals surface area (Å²) in [7, 11) is -2.25. The Morgan fingerprint density at radius 1 is 1.23 bits per heavy atom. The third-order valence-corrected chi connectivity index (χ3v) is 6.41. The van der Waals surface area contributed by atoms with Gasteiger partial charge < -0.3 is 9.15 Å². The van der Waals surface area contributed by atoms with E-state index in [1.807, 2.05) is 4.90 Å². The number of hydrogen-bond donors (Lipinski definition) is 0. The van der Waals surface area contributed by atoms with Gasteiger partial charge in [0.1, 0.15) is 11.3 Å². The van der Waals surface area contributed by atoms with Crippen molar-refractivity contribution in [3.63, 3.8) is 0 Å². The summed E-state index contributed by atoms with van der Waals surface area (Å²) in [5, 5.41) is 0.387. The summed E-state index contributed by atoms with van der Waals surface area (Å²) in [6.07, 6.45) is 1.45. The van der Waals surface area contributed by atoms with Gasteiger partial charge >= 0.3 is 5.97 Å². The van der Waals surface area contributed by atoms with E-state index in [9.17, 15) is 13.2 Å². The van der Waals surface area contributed by atoms with Crippen molar-refractivity contribution >= 4 is 27.6 Å². The minimum Gasteiger partial charge on any atom is -0.467 e. The standard InChI is InChI=1S/C17H19ClN2O5S/c1-24-17(21)15-5-10-25-16(15)12-19-6-8-20(9-7-19)26(22,23)14-4-2-3-13(18)11-14/h2-5,10-11H,6-9,12H2,1H3. The second-order valence-electron chi connectivity index (χ2n) is 5.89. The van der Waals surface area contributed by atoms with Crippen LogP contribution in [0.25, 0.3) is 0 Å². The number of esters is 1. The van der Waals surface area contributed by atoms with Gasteiger partial charge in [-0.05, 0) is 24.3 Å². The van der Waals surface area contributed by atoms with Crippen LogP contribution in [0, 0.1) is 0 Å². The number of piperazine rings is 1. The van der Waals surface area contributed by atoms with Crippen molar-refractivity contribution in [1.29, 1.82) is 0 Å². The Labute approximate surface area is 157 Å². The topological polar surface area (TPSA) is 80.1 Å². The Bertz CT molecular complexity index is 888. The number of carbonyl (C=O) groups excluding carboxylic acids is 1. The Morgan fingerprint density at radius 2 is 1.96 bits per heavy atom. The van der Waals surface area contributed by atoms with E-state index in [0.29, 0.717) is 49.1 Å². The molecule has 3 rings (SSSR count). The first kappa shape index (κ1) is 18.9. The summed E-state index contributed by atoms with van der Waals surface area (Å²) >= 11 is 5.91. The third kappa shape index (κ3) is 3.93. The first-order chi connectivity index (χ1) is 12.4. The summed E-state index contributed by atoms with van der Waals surface area (Å²) in [4.78, 5) is 13.9. The minimum atomic E-state index is -3.57. The summed E-state index contributed by atoms with van der Waals surface area (Å²) in [5.74, 6) is 0.0684. The van der Waals surface area contributed by atoms with E-state index in [4.69, 9.17) is 20.8 Å². The van der Waals surface area contributed by atoms with Gasteiger partial charge in [-0.1, -0.05) is 17.7 Å². The molecule has 0 amide bonds. The monoisotopic (exact) mass is 398 g/mol. The molecule has 0 bridgehead atoms. The number of halogens is 1. The maximum Gasteiger partial charge on any atom is 0.341 e. The SMILES string of the molecule is COC(=O)c1ccoc1CN1CCN(S(=O)(=O)c2cccc(Cl)c2)CC1. The molecule has 0 spiro atoms. The number of hydrogen-bond acceptors (Lipinski definition) is 6. The van der Waals surface area contributed by atoms with E-state index in [1.54, 1.807) is 24.3 Å². The largest absolute Gasteiger partial charge is 0.467 e. The van der Waals surface area contributed by atoms with Crippen LogP contribution in [0.1, 0.15) is 16.1 Å². The molecule has 9 heteroatoms. The maximum absolute atomic E-state index is 12.7. The number of carbonyl (C=O) groups is 1. The predicted molar refractivity (Wildman–Crippen MR) is 95.5 cm³/mol. The highest BCUT2D eigenvalue weighted by molar-refractivity contribution is 7.89. The number of sulfonamides is 1. The number of nitrogens with zero attached hydrogens (tertiary/aromatic N) is 2. The van der Waals surface area contributed by atoms with E-state index in [1.165, 1.54) is 23.7 Å². The molecule has 1 aromatic heterocycles. The second kappa shape index (κ2) is 7.79. The van der Waals surface area contributed by atoms with Crippen LogP contribution >= 0.6 is 11.6 Å². The van der Waals surface area contributed by atoms with Crippen LogP contribution in [0.5, 0.6) is 0 Å². The van der Waals surface area contributed by atoms with Crippen LogP contribution in [0.4, 0.5) is 0 Å². The Morgan fingerprint density at radius 3 is 2.62 bits per heavy atom. The van der Waals surface area contributed by atoms with Gasteiger partial charge in [-0.2, -0.15) is 4.31 Å². The quantitative estimate of drug-likeness (QED) is 0.718. The van der Waals surface area contributed by atoms with E-state index in [0.717, 1.165) is 0 Å². The highest BCUT2D eigenvalue weighted by Crippen LogP contribution is 2.22. The summed E-state index contributed by atoms with van der Waals surface area (Å²) in [5.41, 5.74) is 0.390. The fourth-order valence-electron chi connectivity index (χ4n) is 2.86. The van der Waals surface area contributed by atoms with Gasteiger partial charge in [-0.3, -0.25) is 4.90 Å². The molecule has 2 heterocycles. The van der Waals surface area contributed by atoms with Crippen LogP contribution in [-0.2, 0) is 21.3 Å². The lowest BCUT2D eigenvalue weighted by Crippen LogP contribution is -2.48. The number of ether oxygens (including phenoxy) is 1. The van der Waals surface area contributed by atoms with Gasteiger partial charge in [-0.25, -0.2) is 13.2 Å². The molecule has 0 saturated carbocycles. The second-order valence-corrected chi connectivity index (χ2v) is 8.26. The van der Waals surface area contributed by atoms with Crippen LogP contribution < -0.4 is 0 Å². The molecule has 0 radical (unpaired) electrons. The van der Waals surface area contributed by atoms with E-state index in [-0.39, 0.29) is 4.90 Å².